The minimum Gasteiger partial charge on any atom is -0.383 e. The Balaban J connectivity index is 2.06. The summed E-state index contributed by atoms with van der Waals surface area (Å²) in [4.78, 5) is 2.24. The number of likely N-dealkylation sites (N-methyl/N-ethyl adjacent to an activating group) is 1. The molecule has 0 radical (unpaired) electrons. The molecule has 0 unspecified atom stereocenters. The summed E-state index contributed by atoms with van der Waals surface area (Å²) in [6.45, 7) is 0.908. The molecule has 1 aliphatic rings. The smallest absolute Gasteiger partial charge is 0.110 e. The first kappa shape index (κ1) is 12.4. The summed E-state index contributed by atoms with van der Waals surface area (Å²) in [6, 6.07) is 20.3. The van der Waals surface area contributed by atoms with Gasteiger partial charge in [0.25, 0.3) is 0 Å². The van der Waals surface area contributed by atoms with E-state index in [1.54, 1.807) is 0 Å². The lowest BCUT2D eigenvalue weighted by atomic mass is 9.83. The van der Waals surface area contributed by atoms with Crippen molar-refractivity contribution >= 4 is 0 Å². The van der Waals surface area contributed by atoms with Gasteiger partial charge in [-0.1, -0.05) is 60.7 Å². The molecule has 1 aliphatic heterocycles. The van der Waals surface area contributed by atoms with Crippen molar-refractivity contribution < 1.29 is 5.11 Å². The third kappa shape index (κ3) is 2.07. The highest BCUT2D eigenvalue weighted by Gasteiger charge is 2.46. The van der Waals surface area contributed by atoms with E-state index in [1.807, 2.05) is 48.5 Å². The lowest BCUT2D eigenvalue weighted by Gasteiger charge is -2.33. The zero-order chi connectivity index (χ0) is 13.3. The number of benzene rings is 2. The third-order valence-electron chi connectivity index (χ3n) is 4.13. The summed E-state index contributed by atoms with van der Waals surface area (Å²) in [5.74, 6) is 0. The topological polar surface area (TPSA) is 23.5 Å². The number of hydrogen-bond donors (Lipinski definition) is 1. The van der Waals surface area contributed by atoms with Crippen LogP contribution in [-0.4, -0.2) is 23.6 Å². The first-order valence-electron chi connectivity index (χ1n) is 6.75. The van der Waals surface area contributed by atoms with E-state index in [9.17, 15) is 5.11 Å². The molecular weight excluding hydrogens is 234 g/mol. The fourth-order valence-electron chi connectivity index (χ4n) is 3.17. The molecule has 1 saturated heterocycles. The van der Waals surface area contributed by atoms with Crippen LogP contribution in [0.2, 0.25) is 0 Å². The normalized spacial score (nSPS) is 27.6. The van der Waals surface area contributed by atoms with Gasteiger partial charge in [0.1, 0.15) is 5.60 Å². The predicted molar refractivity (Wildman–Crippen MR) is 76.8 cm³/mol. The van der Waals surface area contributed by atoms with Crippen molar-refractivity contribution in [1.82, 2.24) is 4.90 Å². The zero-order valence-corrected chi connectivity index (χ0v) is 11.2. The molecule has 0 bridgehead atoms. The first-order chi connectivity index (χ1) is 9.22. The van der Waals surface area contributed by atoms with Crippen LogP contribution in [-0.2, 0) is 5.60 Å². The van der Waals surface area contributed by atoms with Crippen LogP contribution in [0.4, 0.5) is 0 Å². The average molecular weight is 253 g/mol. The summed E-state index contributed by atoms with van der Waals surface area (Å²) in [7, 11) is 2.08. The van der Waals surface area contributed by atoms with Crippen molar-refractivity contribution in [2.24, 2.45) is 0 Å². The number of nitrogens with zero attached hydrogens (tertiary/aromatic N) is 1. The minimum absolute atomic E-state index is 0.0242. The quantitative estimate of drug-likeness (QED) is 0.889. The van der Waals surface area contributed by atoms with E-state index in [2.05, 4.69) is 24.1 Å². The van der Waals surface area contributed by atoms with Gasteiger partial charge in [-0.3, -0.25) is 4.90 Å². The minimum atomic E-state index is -0.794. The molecule has 2 aromatic rings. The fourth-order valence-corrected chi connectivity index (χ4v) is 3.17. The van der Waals surface area contributed by atoms with Gasteiger partial charge in [0, 0.05) is 6.54 Å². The molecular formula is C17H19NO. The van der Waals surface area contributed by atoms with Gasteiger partial charge in [0.05, 0.1) is 6.04 Å². The molecule has 0 amide bonds. The summed E-state index contributed by atoms with van der Waals surface area (Å²) in [5.41, 5.74) is 1.39. The molecule has 0 aliphatic carbocycles. The highest BCUT2D eigenvalue weighted by molar-refractivity contribution is 5.32. The second kappa shape index (κ2) is 4.80. The van der Waals surface area contributed by atoms with Gasteiger partial charge in [-0.05, 0) is 24.6 Å². The fraction of sp³-hybridized carbons (Fsp3) is 0.294. The van der Waals surface area contributed by atoms with Gasteiger partial charge >= 0.3 is 0 Å². The van der Waals surface area contributed by atoms with Crippen molar-refractivity contribution in [2.75, 3.05) is 13.6 Å². The molecule has 98 valence electrons. The van der Waals surface area contributed by atoms with Crippen molar-refractivity contribution in [2.45, 2.75) is 18.1 Å². The average Bonchev–Trinajstić information content (AvgIpc) is 2.78. The second-order valence-corrected chi connectivity index (χ2v) is 5.33. The van der Waals surface area contributed by atoms with E-state index in [0.717, 1.165) is 18.5 Å². The maximum atomic E-state index is 11.2. The summed E-state index contributed by atoms with van der Waals surface area (Å²) < 4.78 is 0. The van der Waals surface area contributed by atoms with Crippen molar-refractivity contribution in [1.29, 1.82) is 0 Å². The predicted octanol–water partition coefficient (Wildman–Crippen LogP) is 2.95. The Bertz CT molecular complexity index is 540. The largest absolute Gasteiger partial charge is 0.383 e. The van der Waals surface area contributed by atoms with E-state index in [0.29, 0.717) is 0 Å². The third-order valence-corrected chi connectivity index (χ3v) is 4.13. The number of hydrogen-bond acceptors (Lipinski definition) is 2. The van der Waals surface area contributed by atoms with E-state index in [4.69, 9.17) is 0 Å². The monoisotopic (exact) mass is 253 g/mol. The maximum absolute atomic E-state index is 11.2. The lowest BCUT2D eigenvalue weighted by Crippen LogP contribution is -2.33. The molecule has 1 heterocycles. The molecule has 0 saturated carbocycles. The molecule has 2 aromatic carbocycles. The Morgan fingerprint density at radius 3 is 2.21 bits per heavy atom. The highest BCUT2D eigenvalue weighted by Crippen LogP contribution is 2.46. The first-order valence-corrected chi connectivity index (χ1v) is 6.75. The molecule has 1 N–H and O–H groups in total. The van der Waals surface area contributed by atoms with Crippen LogP contribution in [0, 0.1) is 0 Å². The molecule has 2 heteroatoms. The van der Waals surface area contributed by atoms with Gasteiger partial charge < -0.3 is 5.11 Å². The van der Waals surface area contributed by atoms with Crippen LogP contribution < -0.4 is 0 Å². The van der Waals surface area contributed by atoms with Crippen molar-refractivity contribution in [3.05, 3.63) is 71.8 Å². The van der Waals surface area contributed by atoms with Crippen molar-refractivity contribution in [3.8, 4) is 0 Å². The molecule has 19 heavy (non-hydrogen) atoms. The lowest BCUT2D eigenvalue weighted by molar-refractivity contribution is 0.00249. The van der Waals surface area contributed by atoms with Gasteiger partial charge in [0.15, 0.2) is 0 Å². The van der Waals surface area contributed by atoms with Crippen LogP contribution in [0.15, 0.2) is 60.7 Å². The molecule has 0 spiro atoms. The summed E-state index contributed by atoms with van der Waals surface area (Å²) >= 11 is 0. The zero-order valence-electron chi connectivity index (χ0n) is 11.2. The second-order valence-electron chi connectivity index (χ2n) is 5.33. The molecule has 1 fully saturated rings. The Kier molecular flexibility index (Phi) is 3.13. The summed E-state index contributed by atoms with van der Waals surface area (Å²) in [5, 5.41) is 11.2. The number of aliphatic hydroxyl groups is 1. The Labute approximate surface area is 114 Å². The Morgan fingerprint density at radius 1 is 1.00 bits per heavy atom. The van der Waals surface area contributed by atoms with Crippen LogP contribution in [0.25, 0.3) is 0 Å². The van der Waals surface area contributed by atoms with Crippen LogP contribution in [0.5, 0.6) is 0 Å². The standard InChI is InChI=1S/C17H19NO/c1-18-13-12-17(19,15-10-6-3-7-11-15)16(18)14-8-4-2-5-9-14/h2-11,16,19H,12-13H2,1H3/t16-,17+/m1/s1. The number of likely N-dealkylation sites (tertiary alicyclic amines) is 1. The van der Waals surface area contributed by atoms with Gasteiger partial charge in [-0.25, -0.2) is 0 Å². The summed E-state index contributed by atoms with van der Waals surface area (Å²) in [6.07, 6.45) is 0.771. The van der Waals surface area contributed by atoms with Crippen LogP contribution >= 0.6 is 0 Å². The van der Waals surface area contributed by atoms with Crippen LogP contribution in [0.3, 0.4) is 0 Å². The molecule has 2 atom stereocenters. The molecule has 3 rings (SSSR count). The van der Waals surface area contributed by atoms with Gasteiger partial charge in [-0.2, -0.15) is 0 Å². The van der Waals surface area contributed by atoms with Crippen molar-refractivity contribution in [3.63, 3.8) is 0 Å². The molecule has 2 nitrogen and oxygen atoms in total. The SMILES string of the molecule is CN1CC[C@](O)(c2ccccc2)[C@H]1c1ccccc1. The van der Waals surface area contributed by atoms with E-state index in [1.165, 1.54) is 5.56 Å². The Hall–Kier alpha value is -1.64. The highest BCUT2D eigenvalue weighted by atomic mass is 16.3. The molecule has 0 aromatic heterocycles. The Morgan fingerprint density at radius 2 is 1.58 bits per heavy atom. The maximum Gasteiger partial charge on any atom is 0.110 e. The van der Waals surface area contributed by atoms with E-state index >= 15 is 0 Å². The van der Waals surface area contributed by atoms with Crippen LogP contribution in [0.1, 0.15) is 23.6 Å². The number of rotatable bonds is 2. The van der Waals surface area contributed by atoms with E-state index < -0.39 is 5.60 Å². The van der Waals surface area contributed by atoms with E-state index in [-0.39, 0.29) is 6.04 Å². The van der Waals surface area contributed by atoms with Gasteiger partial charge in [-0.15, -0.1) is 0 Å². The van der Waals surface area contributed by atoms with Gasteiger partial charge in [0.2, 0.25) is 0 Å².